The molecule has 0 aliphatic rings. The van der Waals surface area contributed by atoms with Gasteiger partial charge in [-0.3, -0.25) is 0 Å². The molecule has 2 unspecified atom stereocenters. The lowest BCUT2D eigenvalue weighted by atomic mass is 9.94. The van der Waals surface area contributed by atoms with Gasteiger partial charge in [-0.2, -0.15) is 0 Å². The highest BCUT2D eigenvalue weighted by atomic mass is 32.2. The zero-order valence-electron chi connectivity index (χ0n) is 15.3. The highest BCUT2D eigenvalue weighted by Crippen LogP contribution is 2.30. The number of nitrogens with one attached hydrogen (secondary N) is 1. The lowest BCUT2D eigenvalue weighted by Gasteiger charge is -2.28. The van der Waals surface area contributed by atoms with Crippen LogP contribution in [0, 0.1) is 11.6 Å². The highest BCUT2D eigenvalue weighted by Gasteiger charge is 2.31. The molecule has 0 aliphatic heterocycles. The molecule has 25 heavy (non-hydrogen) atoms. The molecular weight excluding hydrogens is 340 g/mol. The fourth-order valence-electron chi connectivity index (χ4n) is 2.58. The normalized spacial score (nSPS) is 14.6. The summed E-state index contributed by atoms with van der Waals surface area (Å²) in [5.41, 5.74) is 1.30. The molecular formula is C20H25F2NOS. The molecule has 0 aliphatic carbocycles. The molecule has 0 spiro atoms. The molecule has 0 fully saturated rings. The average molecular weight is 365 g/mol. The molecule has 0 amide bonds. The van der Waals surface area contributed by atoms with Crippen LogP contribution in [0.15, 0.2) is 42.5 Å². The molecule has 136 valence electrons. The van der Waals surface area contributed by atoms with Crippen molar-refractivity contribution < 1.29 is 13.3 Å². The van der Waals surface area contributed by atoms with E-state index in [4.69, 9.17) is 0 Å². The monoisotopic (exact) mass is 365 g/mol. The summed E-state index contributed by atoms with van der Waals surface area (Å²) in [6, 6.07) is 11.4. The Bertz CT molecular complexity index is 690. The van der Waals surface area contributed by atoms with Crippen molar-refractivity contribution in [2.24, 2.45) is 0 Å². The van der Waals surface area contributed by atoms with Crippen LogP contribution in [0.5, 0.6) is 0 Å². The quantitative estimate of drug-likeness (QED) is 0.737. The first-order valence-corrected chi connectivity index (χ1v) is 9.48. The molecule has 0 radical (unpaired) electrons. The Kier molecular flexibility index (Phi) is 6.25. The number of rotatable bonds is 5. The summed E-state index contributed by atoms with van der Waals surface area (Å²) in [5.74, 6) is -1.40. The van der Waals surface area contributed by atoms with E-state index < -0.39 is 33.8 Å². The maximum atomic E-state index is 14.5. The van der Waals surface area contributed by atoms with Crippen molar-refractivity contribution >= 4 is 11.4 Å². The van der Waals surface area contributed by atoms with E-state index in [9.17, 15) is 13.3 Å². The van der Waals surface area contributed by atoms with Crippen LogP contribution in [0.3, 0.4) is 0 Å². The molecule has 0 aromatic heterocycles. The van der Waals surface area contributed by atoms with Gasteiger partial charge in [-0.05, 0) is 49.9 Å². The number of hydrogen-bond acceptors (Lipinski definition) is 2. The van der Waals surface area contributed by atoms with E-state index in [-0.39, 0.29) is 11.5 Å². The van der Waals surface area contributed by atoms with Crippen LogP contribution in [0.1, 0.15) is 63.3 Å². The third kappa shape index (κ3) is 4.81. The van der Waals surface area contributed by atoms with Crippen LogP contribution in [0.4, 0.5) is 8.78 Å². The Balaban J connectivity index is 2.49. The van der Waals surface area contributed by atoms with Gasteiger partial charge in [0, 0.05) is 16.9 Å². The maximum absolute atomic E-state index is 14.5. The van der Waals surface area contributed by atoms with Crippen LogP contribution in [-0.2, 0) is 11.4 Å². The molecule has 5 heteroatoms. The Morgan fingerprint density at radius 3 is 1.92 bits per heavy atom. The van der Waals surface area contributed by atoms with Crippen molar-refractivity contribution in [3.05, 3.63) is 70.8 Å². The number of hydrogen-bond donors (Lipinski definition) is 1. The molecule has 2 aromatic rings. The molecule has 0 heterocycles. The SMILES string of the molecule is CC(C)c1c(F)cc(C(N[S+]([O-])C(C)(C)C)c2ccccc2)cc1F. The van der Waals surface area contributed by atoms with Gasteiger partial charge in [-0.15, -0.1) is 4.72 Å². The first-order valence-electron chi connectivity index (χ1n) is 8.33. The predicted molar refractivity (Wildman–Crippen MR) is 99.8 cm³/mol. The van der Waals surface area contributed by atoms with E-state index in [1.54, 1.807) is 13.8 Å². The van der Waals surface area contributed by atoms with Crippen LogP contribution in [0.25, 0.3) is 0 Å². The van der Waals surface area contributed by atoms with Crippen molar-refractivity contribution in [1.82, 2.24) is 4.72 Å². The maximum Gasteiger partial charge on any atom is 0.136 e. The third-order valence-electron chi connectivity index (χ3n) is 3.93. The minimum Gasteiger partial charge on any atom is -0.598 e. The Morgan fingerprint density at radius 1 is 0.960 bits per heavy atom. The second-order valence-electron chi connectivity index (χ2n) is 7.40. The fraction of sp³-hybridized carbons (Fsp3) is 0.400. The van der Waals surface area contributed by atoms with Crippen LogP contribution in [-0.4, -0.2) is 9.30 Å². The second kappa shape index (κ2) is 7.85. The standard InChI is InChI=1S/C20H25F2NOS/c1-13(2)18-16(21)11-15(12-17(18)22)19(14-9-7-6-8-10-14)23-25(24)20(3,4)5/h6-13,19,23H,1-5H3. The van der Waals surface area contributed by atoms with E-state index >= 15 is 0 Å². The van der Waals surface area contributed by atoms with E-state index in [1.807, 2.05) is 51.1 Å². The summed E-state index contributed by atoms with van der Waals surface area (Å²) in [7, 11) is 0. The van der Waals surface area contributed by atoms with Gasteiger partial charge in [0.05, 0.1) is 0 Å². The Labute approximate surface area is 152 Å². The van der Waals surface area contributed by atoms with Gasteiger partial charge in [0.1, 0.15) is 22.4 Å². The summed E-state index contributed by atoms with van der Waals surface area (Å²) in [4.78, 5) is 0. The van der Waals surface area contributed by atoms with Crippen LogP contribution >= 0.6 is 0 Å². The first-order chi connectivity index (χ1) is 11.6. The predicted octanol–water partition coefficient (Wildman–Crippen LogP) is 5.23. The van der Waals surface area contributed by atoms with Gasteiger partial charge in [-0.25, -0.2) is 8.78 Å². The third-order valence-corrected chi connectivity index (χ3v) is 5.49. The molecule has 2 atom stereocenters. The van der Waals surface area contributed by atoms with Gasteiger partial charge in [0.2, 0.25) is 0 Å². The van der Waals surface area contributed by atoms with Gasteiger partial charge in [-0.1, -0.05) is 44.2 Å². The molecule has 0 bridgehead atoms. The van der Waals surface area contributed by atoms with E-state index in [2.05, 4.69) is 4.72 Å². The first kappa shape index (κ1) is 19.9. The minimum absolute atomic E-state index is 0.0764. The average Bonchev–Trinajstić information content (AvgIpc) is 2.51. The topological polar surface area (TPSA) is 35.1 Å². The van der Waals surface area contributed by atoms with Crippen LogP contribution < -0.4 is 4.72 Å². The summed E-state index contributed by atoms with van der Waals surface area (Å²) < 4.78 is 44.0. The molecule has 2 rings (SSSR count). The second-order valence-corrected chi connectivity index (χ2v) is 9.39. The molecule has 1 N–H and O–H groups in total. The molecule has 0 saturated carbocycles. The Hall–Kier alpha value is -1.43. The summed E-state index contributed by atoms with van der Waals surface area (Å²) in [6.07, 6.45) is 0. The van der Waals surface area contributed by atoms with Crippen molar-refractivity contribution in [3.63, 3.8) is 0 Å². The van der Waals surface area contributed by atoms with E-state index in [0.717, 1.165) is 5.56 Å². The zero-order chi connectivity index (χ0) is 18.8. The summed E-state index contributed by atoms with van der Waals surface area (Å²) >= 11 is -1.39. The minimum atomic E-state index is -1.39. The Morgan fingerprint density at radius 2 is 1.48 bits per heavy atom. The molecule has 2 aromatic carbocycles. The number of benzene rings is 2. The van der Waals surface area contributed by atoms with Gasteiger partial charge < -0.3 is 4.55 Å². The van der Waals surface area contributed by atoms with Crippen molar-refractivity contribution in [2.75, 3.05) is 0 Å². The highest BCUT2D eigenvalue weighted by molar-refractivity contribution is 7.90. The number of halogens is 2. The van der Waals surface area contributed by atoms with Crippen molar-refractivity contribution in [1.29, 1.82) is 0 Å². The fourth-order valence-corrected chi connectivity index (χ4v) is 3.42. The molecule has 2 nitrogen and oxygen atoms in total. The molecule has 0 saturated heterocycles. The lowest BCUT2D eigenvalue weighted by molar-refractivity contribution is 0.524. The lowest BCUT2D eigenvalue weighted by Crippen LogP contribution is -2.41. The summed E-state index contributed by atoms with van der Waals surface area (Å²) in [5, 5.41) is 0. The largest absolute Gasteiger partial charge is 0.598 e. The van der Waals surface area contributed by atoms with E-state index in [1.165, 1.54) is 12.1 Å². The van der Waals surface area contributed by atoms with Gasteiger partial charge >= 0.3 is 0 Å². The smallest absolute Gasteiger partial charge is 0.136 e. The van der Waals surface area contributed by atoms with Crippen molar-refractivity contribution in [3.8, 4) is 0 Å². The van der Waals surface area contributed by atoms with E-state index in [0.29, 0.717) is 5.56 Å². The van der Waals surface area contributed by atoms with Gasteiger partial charge in [0.25, 0.3) is 0 Å². The van der Waals surface area contributed by atoms with Crippen molar-refractivity contribution in [2.45, 2.75) is 51.3 Å². The zero-order valence-corrected chi connectivity index (χ0v) is 16.1. The van der Waals surface area contributed by atoms with Gasteiger partial charge in [0.15, 0.2) is 0 Å². The summed E-state index contributed by atoms with van der Waals surface area (Å²) in [6.45, 7) is 9.05. The van der Waals surface area contributed by atoms with Crippen LogP contribution in [0.2, 0.25) is 0 Å².